The first-order chi connectivity index (χ1) is 12.6. The normalized spacial score (nSPS) is 11.0. The number of halogens is 1. The van der Waals surface area contributed by atoms with Crippen LogP contribution in [0.3, 0.4) is 0 Å². The summed E-state index contributed by atoms with van der Waals surface area (Å²) in [5.74, 6) is 0.901. The quantitative estimate of drug-likeness (QED) is 0.578. The highest BCUT2D eigenvalue weighted by atomic mass is 35.5. The molecule has 0 unspecified atom stereocenters. The van der Waals surface area contributed by atoms with Crippen molar-refractivity contribution in [1.82, 2.24) is 19.6 Å². The summed E-state index contributed by atoms with van der Waals surface area (Å²) in [5, 5.41) is 6.89. The number of aromatic nitrogens is 4. The Morgan fingerprint density at radius 2 is 1.92 bits per heavy atom. The van der Waals surface area contributed by atoms with Crippen LogP contribution in [0.2, 0.25) is 5.02 Å². The summed E-state index contributed by atoms with van der Waals surface area (Å²) in [7, 11) is 0. The molecule has 130 valence electrons. The lowest BCUT2D eigenvalue weighted by Crippen LogP contribution is -2.17. The first-order valence-electron chi connectivity index (χ1n) is 8.14. The average Bonchev–Trinajstić information content (AvgIpc) is 3.05. The Morgan fingerprint density at radius 1 is 1.12 bits per heavy atom. The summed E-state index contributed by atoms with van der Waals surface area (Å²) < 4.78 is 1.33. The van der Waals surface area contributed by atoms with E-state index in [0.717, 1.165) is 11.3 Å². The van der Waals surface area contributed by atoms with E-state index in [2.05, 4.69) is 20.4 Å². The molecule has 2 heterocycles. The van der Waals surface area contributed by atoms with Crippen LogP contribution in [0.5, 0.6) is 0 Å². The number of H-pyrrole nitrogens is 1. The van der Waals surface area contributed by atoms with Crippen molar-refractivity contribution in [2.24, 2.45) is 0 Å². The third-order valence-corrected chi connectivity index (χ3v) is 4.24. The molecular weight excluding hydrogens is 350 g/mol. The second-order valence-electron chi connectivity index (χ2n) is 6.02. The van der Waals surface area contributed by atoms with Gasteiger partial charge in [-0.2, -0.15) is 9.50 Å². The number of hydrogen-bond acceptors (Lipinski definition) is 4. The first kappa shape index (κ1) is 16.4. The summed E-state index contributed by atoms with van der Waals surface area (Å²) in [6.07, 6.45) is 0. The molecule has 0 saturated heterocycles. The SMILES string of the molecule is Cc1cccc(NCc2cc(=O)n3[nH]c(-c4ccc(Cl)cc4)nc3n2)c1. The van der Waals surface area contributed by atoms with E-state index >= 15 is 0 Å². The predicted octanol–water partition coefficient (Wildman–Crippen LogP) is 3.66. The number of nitrogens with one attached hydrogen (secondary N) is 2. The predicted molar refractivity (Wildman–Crippen MR) is 103 cm³/mol. The van der Waals surface area contributed by atoms with Gasteiger partial charge in [-0.1, -0.05) is 23.7 Å². The molecule has 4 aromatic rings. The summed E-state index contributed by atoms with van der Waals surface area (Å²) in [5.41, 5.74) is 3.41. The zero-order valence-electron chi connectivity index (χ0n) is 14.0. The number of nitrogens with zero attached hydrogens (tertiary/aromatic N) is 3. The molecule has 0 amide bonds. The van der Waals surface area contributed by atoms with Crippen LogP contribution in [0, 0.1) is 6.92 Å². The third-order valence-electron chi connectivity index (χ3n) is 3.99. The molecule has 0 saturated carbocycles. The minimum atomic E-state index is -0.205. The fraction of sp³-hybridized carbons (Fsp3) is 0.105. The van der Waals surface area contributed by atoms with Gasteiger partial charge >= 0.3 is 0 Å². The number of aryl methyl sites for hydroxylation is 1. The number of anilines is 1. The zero-order valence-corrected chi connectivity index (χ0v) is 14.8. The number of benzene rings is 2. The number of fused-ring (bicyclic) bond motifs is 1. The Hall–Kier alpha value is -3.12. The molecule has 4 rings (SSSR count). The first-order valence-corrected chi connectivity index (χ1v) is 8.51. The standard InChI is InChI=1S/C19H16ClN5O/c1-12-3-2-4-15(9-12)21-11-16-10-17(26)25-19(22-16)23-18(24-25)13-5-7-14(20)8-6-13/h2-10,21H,11H2,1H3,(H,22,23,24). The van der Waals surface area contributed by atoms with E-state index < -0.39 is 0 Å². The summed E-state index contributed by atoms with van der Waals surface area (Å²) in [4.78, 5) is 21.3. The molecule has 2 aromatic heterocycles. The molecule has 0 radical (unpaired) electrons. The van der Waals surface area contributed by atoms with Crippen LogP contribution < -0.4 is 10.9 Å². The van der Waals surface area contributed by atoms with E-state index in [4.69, 9.17) is 11.6 Å². The van der Waals surface area contributed by atoms with Crippen molar-refractivity contribution < 1.29 is 0 Å². The van der Waals surface area contributed by atoms with E-state index in [1.54, 1.807) is 12.1 Å². The topological polar surface area (TPSA) is 75.1 Å². The Morgan fingerprint density at radius 3 is 2.69 bits per heavy atom. The van der Waals surface area contributed by atoms with Crippen molar-refractivity contribution in [3.05, 3.63) is 81.2 Å². The van der Waals surface area contributed by atoms with E-state index in [-0.39, 0.29) is 5.56 Å². The monoisotopic (exact) mass is 365 g/mol. The molecule has 26 heavy (non-hydrogen) atoms. The molecule has 2 aromatic carbocycles. The minimum absolute atomic E-state index is 0.205. The van der Waals surface area contributed by atoms with Gasteiger partial charge in [0.2, 0.25) is 0 Å². The van der Waals surface area contributed by atoms with Gasteiger partial charge in [-0.3, -0.25) is 9.89 Å². The lowest BCUT2D eigenvalue weighted by atomic mass is 10.2. The number of rotatable bonds is 4. The van der Waals surface area contributed by atoms with Crippen molar-refractivity contribution in [1.29, 1.82) is 0 Å². The fourth-order valence-electron chi connectivity index (χ4n) is 2.70. The van der Waals surface area contributed by atoms with Crippen LogP contribution >= 0.6 is 11.6 Å². The molecule has 0 bridgehead atoms. The molecule has 0 fully saturated rings. The summed E-state index contributed by atoms with van der Waals surface area (Å²) >= 11 is 5.91. The van der Waals surface area contributed by atoms with Gasteiger partial charge in [0.25, 0.3) is 11.3 Å². The highest BCUT2D eigenvalue weighted by molar-refractivity contribution is 6.30. The van der Waals surface area contributed by atoms with Crippen LogP contribution in [0.4, 0.5) is 5.69 Å². The minimum Gasteiger partial charge on any atom is -0.379 e. The van der Waals surface area contributed by atoms with Crippen molar-refractivity contribution in [2.75, 3.05) is 5.32 Å². The Kier molecular flexibility index (Phi) is 4.18. The molecule has 0 aliphatic carbocycles. The third kappa shape index (κ3) is 3.32. The molecule has 0 aliphatic heterocycles. The Balaban J connectivity index is 1.63. The van der Waals surface area contributed by atoms with Crippen LogP contribution in [0.15, 0.2) is 59.4 Å². The second-order valence-corrected chi connectivity index (χ2v) is 6.46. The Labute approximate surface area is 154 Å². The lowest BCUT2D eigenvalue weighted by Gasteiger charge is -2.06. The lowest BCUT2D eigenvalue weighted by molar-refractivity contribution is 0.879. The molecule has 0 aliphatic rings. The van der Waals surface area contributed by atoms with Crippen molar-refractivity contribution in [3.8, 4) is 11.4 Å². The molecule has 0 spiro atoms. The molecule has 0 atom stereocenters. The van der Waals surface area contributed by atoms with Gasteiger partial charge in [-0.05, 0) is 48.9 Å². The molecular formula is C19H16ClN5O. The maximum absolute atomic E-state index is 12.4. The smallest absolute Gasteiger partial charge is 0.274 e. The maximum Gasteiger partial charge on any atom is 0.274 e. The fourth-order valence-corrected chi connectivity index (χ4v) is 2.83. The van der Waals surface area contributed by atoms with Gasteiger partial charge in [0.1, 0.15) is 0 Å². The van der Waals surface area contributed by atoms with Gasteiger partial charge in [-0.25, -0.2) is 4.98 Å². The van der Waals surface area contributed by atoms with Crippen LogP contribution in [0.1, 0.15) is 11.3 Å². The van der Waals surface area contributed by atoms with Gasteiger partial charge in [0, 0.05) is 22.3 Å². The zero-order chi connectivity index (χ0) is 18.1. The van der Waals surface area contributed by atoms with Gasteiger partial charge in [0.05, 0.1) is 12.2 Å². The van der Waals surface area contributed by atoms with Gasteiger partial charge in [0.15, 0.2) is 5.82 Å². The molecule has 6 nitrogen and oxygen atoms in total. The van der Waals surface area contributed by atoms with Crippen LogP contribution in [0.25, 0.3) is 17.2 Å². The van der Waals surface area contributed by atoms with Crippen molar-refractivity contribution in [3.63, 3.8) is 0 Å². The van der Waals surface area contributed by atoms with E-state index in [1.807, 2.05) is 43.3 Å². The van der Waals surface area contributed by atoms with Crippen molar-refractivity contribution in [2.45, 2.75) is 13.5 Å². The van der Waals surface area contributed by atoms with Gasteiger partial charge in [-0.15, -0.1) is 0 Å². The van der Waals surface area contributed by atoms with Crippen LogP contribution in [-0.2, 0) is 6.54 Å². The number of hydrogen-bond donors (Lipinski definition) is 2. The van der Waals surface area contributed by atoms with E-state index in [9.17, 15) is 4.79 Å². The average molecular weight is 366 g/mol. The van der Waals surface area contributed by atoms with Gasteiger partial charge < -0.3 is 5.32 Å². The van der Waals surface area contributed by atoms with Crippen molar-refractivity contribution >= 4 is 23.1 Å². The van der Waals surface area contributed by atoms with Crippen LogP contribution in [-0.4, -0.2) is 19.6 Å². The molecule has 2 N–H and O–H groups in total. The largest absolute Gasteiger partial charge is 0.379 e. The maximum atomic E-state index is 12.4. The summed E-state index contributed by atoms with van der Waals surface area (Å²) in [6.45, 7) is 2.47. The molecule has 7 heteroatoms. The Bertz CT molecular complexity index is 1130. The second kappa shape index (κ2) is 6.65. The number of aromatic amines is 1. The summed E-state index contributed by atoms with van der Waals surface area (Å²) in [6, 6.07) is 16.8. The highest BCUT2D eigenvalue weighted by Gasteiger charge is 2.09. The van der Waals surface area contributed by atoms with E-state index in [0.29, 0.717) is 28.9 Å². The highest BCUT2D eigenvalue weighted by Crippen LogP contribution is 2.18. The van der Waals surface area contributed by atoms with E-state index in [1.165, 1.54) is 16.1 Å².